The zero-order valence-corrected chi connectivity index (χ0v) is 20.1. The van der Waals surface area contributed by atoms with E-state index in [0.29, 0.717) is 16.8 Å². The number of benzene rings is 5. The predicted molar refractivity (Wildman–Crippen MR) is 151 cm³/mol. The van der Waals surface area contributed by atoms with E-state index in [0.717, 1.165) is 55.0 Å². The molecule has 0 saturated heterocycles. The van der Waals surface area contributed by atoms with Crippen molar-refractivity contribution in [1.82, 2.24) is 9.13 Å². The van der Waals surface area contributed by atoms with Crippen LogP contribution in [0, 0.1) is 29.2 Å². The van der Waals surface area contributed by atoms with Crippen LogP contribution in [0.3, 0.4) is 0 Å². The van der Waals surface area contributed by atoms with Gasteiger partial charge in [0.2, 0.25) is 0 Å². The SMILES string of the molecule is [C-]#[N+]c1ccc(-n2c3ccccc3c3c(-n4c5ccccc5c5cc(C#N)ccc54)c(C#N)ccc32)cc1. The number of nitriles is 2. The van der Waals surface area contributed by atoms with Crippen LogP contribution in [-0.2, 0) is 0 Å². The summed E-state index contributed by atoms with van der Waals surface area (Å²) in [4.78, 5) is 3.54. The molecular formula is C33H17N5. The van der Waals surface area contributed by atoms with Gasteiger partial charge in [-0.1, -0.05) is 48.5 Å². The van der Waals surface area contributed by atoms with Gasteiger partial charge < -0.3 is 9.13 Å². The number of hydrogen-bond donors (Lipinski definition) is 0. The molecule has 5 heteroatoms. The average Bonchev–Trinajstić information content (AvgIpc) is 3.49. The highest BCUT2D eigenvalue weighted by Crippen LogP contribution is 2.41. The van der Waals surface area contributed by atoms with Gasteiger partial charge in [0.05, 0.1) is 51.5 Å². The summed E-state index contributed by atoms with van der Waals surface area (Å²) in [6, 6.07) is 38.2. The van der Waals surface area contributed by atoms with Gasteiger partial charge in [0.15, 0.2) is 5.69 Å². The van der Waals surface area contributed by atoms with Gasteiger partial charge in [-0.05, 0) is 54.6 Å². The largest absolute Gasteiger partial charge is 0.309 e. The molecule has 38 heavy (non-hydrogen) atoms. The van der Waals surface area contributed by atoms with Gasteiger partial charge in [0.25, 0.3) is 0 Å². The first kappa shape index (κ1) is 21.5. The summed E-state index contributed by atoms with van der Waals surface area (Å²) in [5.74, 6) is 0. The van der Waals surface area contributed by atoms with Crippen LogP contribution in [0.5, 0.6) is 0 Å². The second kappa shape index (κ2) is 8.10. The molecule has 0 aliphatic carbocycles. The molecule has 174 valence electrons. The Balaban J connectivity index is 1.69. The van der Waals surface area contributed by atoms with Gasteiger partial charge in [0, 0.05) is 27.2 Å². The Hall–Kier alpha value is -5.83. The lowest BCUT2D eigenvalue weighted by Gasteiger charge is -2.13. The lowest BCUT2D eigenvalue weighted by atomic mass is 10.1. The van der Waals surface area contributed by atoms with Crippen LogP contribution in [0.4, 0.5) is 5.69 Å². The topological polar surface area (TPSA) is 61.8 Å². The lowest BCUT2D eigenvalue weighted by Crippen LogP contribution is -2.00. The van der Waals surface area contributed by atoms with Crippen molar-refractivity contribution in [3.63, 3.8) is 0 Å². The summed E-state index contributed by atoms with van der Waals surface area (Å²) in [7, 11) is 0. The first-order chi connectivity index (χ1) is 18.7. The lowest BCUT2D eigenvalue weighted by molar-refractivity contribution is 1.16. The molecule has 0 aliphatic rings. The number of nitrogens with zero attached hydrogens (tertiary/aromatic N) is 5. The van der Waals surface area contributed by atoms with Gasteiger partial charge in [-0.2, -0.15) is 10.5 Å². The quantitative estimate of drug-likeness (QED) is 0.233. The fourth-order valence-corrected chi connectivity index (χ4v) is 5.60. The molecule has 5 aromatic carbocycles. The highest BCUT2D eigenvalue weighted by atomic mass is 15.0. The molecule has 0 atom stereocenters. The molecule has 0 unspecified atom stereocenters. The van der Waals surface area contributed by atoms with Crippen LogP contribution >= 0.6 is 0 Å². The van der Waals surface area contributed by atoms with Crippen LogP contribution in [-0.4, -0.2) is 9.13 Å². The Labute approximate surface area is 218 Å². The van der Waals surface area contributed by atoms with E-state index in [1.54, 1.807) is 0 Å². The molecule has 5 nitrogen and oxygen atoms in total. The third kappa shape index (κ3) is 2.89. The number of aromatic nitrogens is 2. The van der Waals surface area contributed by atoms with Crippen molar-refractivity contribution < 1.29 is 0 Å². The van der Waals surface area contributed by atoms with Crippen LogP contribution in [0.1, 0.15) is 11.1 Å². The highest BCUT2D eigenvalue weighted by Gasteiger charge is 2.22. The number of rotatable bonds is 2. The summed E-state index contributed by atoms with van der Waals surface area (Å²) in [6.07, 6.45) is 0. The fourth-order valence-electron chi connectivity index (χ4n) is 5.60. The van der Waals surface area contributed by atoms with Gasteiger partial charge in [0.1, 0.15) is 6.07 Å². The van der Waals surface area contributed by atoms with E-state index in [2.05, 4.69) is 50.4 Å². The summed E-state index contributed by atoms with van der Waals surface area (Å²) in [5, 5.41) is 23.9. The zero-order valence-electron chi connectivity index (χ0n) is 20.1. The standard InChI is InChI=1S/C33H17N5/c1-36-23-12-14-24(15-13-23)37-29-9-5-3-7-26(29)32-31(37)17-11-22(20-35)33(32)38-28-8-4-2-6-25(28)27-18-21(19-34)10-16-30(27)38/h2-18H. The molecule has 0 N–H and O–H groups in total. The molecule has 0 fully saturated rings. The van der Waals surface area contributed by atoms with Crippen LogP contribution in [0.25, 0.3) is 59.8 Å². The van der Waals surface area contributed by atoms with E-state index in [1.807, 2.05) is 78.9 Å². The maximum Gasteiger partial charge on any atom is 0.187 e. The van der Waals surface area contributed by atoms with Crippen molar-refractivity contribution in [2.24, 2.45) is 0 Å². The zero-order chi connectivity index (χ0) is 25.8. The molecule has 0 saturated carbocycles. The Bertz CT molecular complexity index is 2210. The molecule has 2 heterocycles. The molecular weight excluding hydrogens is 466 g/mol. The van der Waals surface area contributed by atoms with Crippen molar-refractivity contribution in [1.29, 1.82) is 10.5 Å². The van der Waals surface area contributed by atoms with Crippen LogP contribution in [0.2, 0.25) is 0 Å². The minimum atomic E-state index is 0.566. The molecule has 0 amide bonds. The van der Waals surface area contributed by atoms with Crippen molar-refractivity contribution in [2.45, 2.75) is 0 Å². The van der Waals surface area contributed by atoms with E-state index >= 15 is 0 Å². The second-order valence-corrected chi connectivity index (χ2v) is 9.14. The summed E-state index contributed by atoms with van der Waals surface area (Å²) in [6.45, 7) is 7.33. The maximum atomic E-state index is 10.3. The van der Waals surface area contributed by atoms with Gasteiger partial charge in [-0.15, -0.1) is 0 Å². The molecule has 0 aliphatic heterocycles. The molecule has 0 bridgehead atoms. The minimum absolute atomic E-state index is 0.566. The Morgan fingerprint density at radius 2 is 1.26 bits per heavy atom. The van der Waals surface area contributed by atoms with Crippen molar-refractivity contribution >= 4 is 49.3 Å². The van der Waals surface area contributed by atoms with Gasteiger partial charge >= 0.3 is 0 Å². The first-order valence-electron chi connectivity index (χ1n) is 12.1. The Morgan fingerprint density at radius 3 is 1.97 bits per heavy atom. The summed E-state index contributed by atoms with van der Waals surface area (Å²) in [5.41, 5.74) is 7.40. The Kier molecular flexibility index (Phi) is 4.57. The molecule has 2 aromatic heterocycles. The number of para-hydroxylation sites is 2. The van der Waals surface area contributed by atoms with E-state index in [-0.39, 0.29) is 0 Å². The highest BCUT2D eigenvalue weighted by molar-refractivity contribution is 6.17. The molecule has 0 radical (unpaired) electrons. The molecule has 7 aromatic rings. The van der Waals surface area contributed by atoms with E-state index in [4.69, 9.17) is 6.57 Å². The third-order valence-electron chi connectivity index (χ3n) is 7.19. The van der Waals surface area contributed by atoms with Crippen molar-refractivity contribution in [3.05, 3.63) is 126 Å². The average molecular weight is 484 g/mol. The van der Waals surface area contributed by atoms with E-state index in [1.165, 1.54) is 0 Å². The van der Waals surface area contributed by atoms with E-state index < -0.39 is 0 Å². The first-order valence-corrected chi connectivity index (χ1v) is 12.1. The van der Waals surface area contributed by atoms with Gasteiger partial charge in [-0.3, -0.25) is 0 Å². The number of hydrogen-bond acceptors (Lipinski definition) is 2. The van der Waals surface area contributed by atoms with Gasteiger partial charge in [-0.25, -0.2) is 4.85 Å². The maximum absolute atomic E-state index is 10.3. The van der Waals surface area contributed by atoms with Crippen LogP contribution < -0.4 is 0 Å². The monoisotopic (exact) mass is 483 g/mol. The van der Waals surface area contributed by atoms with Crippen molar-refractivity contribution in [3.8, 4) is 23.5 Å². The summed E-state index contributed by atoms with van der Waals surface area (Å²) >= 11 is 0. The predicted octanol–water partition coefficient (Wildman–Crippen LogP) is 8.17. The Morgan fingerprint density at radius 1 is 0.605 bits per heavy atom. The summed E-state index contributed by atoms with van der Waals surface area (Å²) < 4.78 is 4.34. The smallest absolute Gasteiger partial charge is 0.187 e. The van der Waals surface area contributed by atoms with Crippen LogP contribution in [0.15, 0.2) is 103 Å². The molecule has 0 spiro atoms. The fraction of sp³-hybridized carbons (Fsp3) is 0. The second-order valence-electron chi connectivity index (χ2n) is 9.14. The van der Waals surface area contributed by atoms with Crippen molar-refractivity contribution in [2.75, 3.05) is 0 Å². The number of fused-ring (bicyclic) bond motifs is 6. The minimum Gasteiger partial charge on any atom is -0.309 e. The molecule has 7 rings (SSSR count). The normalized spacial score (nSPS) is 11.1. The third-order valence-corrected chi connectivity index (χ3v) is 7.19. The van der Waals surface area contributed by atoms with E-state index in [9.17, 15) is 10.5 Å².